The Kier molecular flexibility index (Phi) is 5.35. The van der Waals surface area contributed by atoms with Gasteiger partial charge >= 0.3 is 0 Å². The quantitative estimate of drug-likeness (QED) is 0.883. The van der Waals surface area contributed by atoms with E-state index in [2.05, 4.69) is 10.2 Å². The van der Waals surface area contributed by atoms with Crippen molar-refractivity contribution in [3.05, 3.63) is 35.0 Å². The zero-order valence-electron chi connectivity index (χ0n) is 13.3. The van der Waals surface area contributed by atoms with Crippen molar-refractivity contribution in [1.29, 1.82) is 0 Å². The number of hydrogen-bond acceptors (Lipinski definition) is 4. The lowest BCUT2D eigenvalue weighted by atomic mass is 10.2. The molecule has 1 N–H and O–H groups in total. The Morgan fingerprint density at radius 2 is 2.00 bits per heavy atom. The topological polar surface area (TPSA) is 48.7 Å². The standard InChI is InChI=1S/C17H20ClN3O2.ClH/c18-13-1-2-15-12(9-13)10-16(23-15)17(22)21-6-3-14(11-21)20-7-4-19-5-8-20;/h1-2,9-10,14,19H,3-8,11H2;1H. The van der Waals surface area contributed by atoms with Gasteiger partial charge in [-0.1, -0.05) is 11.6 Å². The molecule has 7 heteroatoms. The highest BCUT2D eigenvalue weighted by Gasteiger charge is 2.32. The van der Waals surface area contributed by atoms with Crippen LogP contribution in [0, 0.1) is 0 Å². The van der Waals surface area contributed by atoms with Crippen molar-refractivity contribution in [3.8, 4) is 0 Å². The minimum Gasteiger partial charge on any atom is -0.451 e. The molecular weight excluding hydrogens is 349 g/mol. The number of fused-ring (bicyclic) bond motifs is 1. The molecular formula is C17H21Cl2N3O2. The second kappa shape index (κ2) is 7.31. The molecule has 0 bridgehead atoms. The first-order valence-corrected chi connectivity index (χ1v) is 8.52. The summed E-state index contributed by atoms with van der Waals surface area (Å²) in [7, 11) is 0. The number of piperazine rings is 1. The van der Waals surface area contributed by atoms with Gasteiger partial charge in [0.2, 0.25) is 0 Å². The molecule has 2 fully saturated rings. The van der Waals surface area contributed by atoms with Crippen LogP contribution in [0.4, 0.5) is 0 Å². The molecule has 1 amide bonds. The van der Waals surface area contributed by atoms with E-state index in [4.69, 9.17) is 16.0 Å². The van der Waals surface area contributed by atoms with Crippen LogP contribution in [-0.4, -0.2) is 61.0 Å². The number of nitrogens with zero attached hydrogens (tertiary/aromatic N) is 2. The van der Waals surface area contributed by atoms with E-state index in [9.17, 15) is 4.79 Å². The van der Waals surface area contributed by atoms with Crippen LogP contribution in [0.3, 0.4) is 0 Å². The molecule has 1 atom stereocenters. The number of halogens is 2. The first-order chi connectivity index (χ1) is 11.2. The fourth-order valence-electron chi connectivity index (χ4n) is 3.55. The van der Waals surface area contributed by atoms with Crippen molar-refractivity contribution in [2.24, 2.45) is 0 Å². The van der Waals surface area contributed by atoms with Gasteiger partial charge in [0.15, 0.2) is 5.76 Å². The van der Waals surface area contributed by atoms with Crippen molar-refractivity contribution < 1.29 is 9.21 Å². The molecule has 4 rings (SSSR count). The molecule has 1 unspecified atom stereocenters. The normalized spacial score (nSPS) is 21.9. The number of nitrogens with one attached hydrogen (secondary N) is 1. The molecule has 2 aromatic rings. The van der Waals surface area contributed by atoms with Crippen LogP contribution in [0.25, 0.3) is 11.0 Å². The second-order valence-corrected chi connectivity index (χ2v) is 6.71. The van der Waals surface area contributed by atoms with E-state index < -0.39 is 0 Å². The summed E-state index contributed by atoms with van der Waals surface area (Å²) in [5.74, 6) is 0.387. The third-order valence-electron chi connectivity index (χ3n) is 4.81. The van der Waals surface area contributed by atoms with Crippen LogP contribution in [0.2, 0.25) is 5.02 Å². The molecule has 2 aliphatic heterocycles. The smallest absolute Gasteiger partial charge is 0.289 e. The van der Waals surface area contributed by atoms with Crippen LogP contribution in [-0.2, 0) is 0 Å². The fourth-order valence-corrected chi connectivity index (χ4v) is 3.73. The summed E-state index contributed by atoms with van der Waals surface area (Å²) < 4.78 is 5.70. The molecule has 24 heavy (non-hydrogen) atoms. The van der Waals surface area contributed by atoms with E-state index in [1.165, 1.54) is 0 Å². The van der Waals surface area contributed by atoms with Gasteiger partial charge in [0.1, 0.15) is 5.58 Å². The zero-order chi connectivity index (χ0) is 15.8. The van der Waals surface area contributed by atoms with Crippen LogP contribution in [0.1, 0.15) is 17.0 Å². The Morgan fingerprint density at radius 1 is 1.21 bits per heavy atom. The van der Waals surface area contributed by atoms with Crippen molar-refractivity contribution in [2.75, 3.05) is 39.3 Å². The van der Waals surface area contributed by atoms with Crippen molar-refractivity contribution in [2.45, 2.75) is 12.5 Å². The Hall–Kier alpha value is -1.27. The Morgan fingerprint density at radius 3 is 2.79 bits per heavy atom. The molecule has 0 radical (unpaired) electrons. The van der Waals surface area contributed by atoms with Crippen LogP contribution < -0.4 is 5.32 Å². The van der Waals surface area contributed by atoms with Crippen LogP contribution >= 0.6 is 24.0 Å². The van der Waals surface area contributed by atoms with Gasteiger partial charge in [0.05, 0.1) is 0 Å². The zero-order valence-corrected chi connectivity index (χ0v) is 14.9. The molecule has 2 aliphatic rings. The number of furan rings is 1. The summed E-state index contributed by atoms with van der Waals surface area (Å²) in [6.07, 6.45) is 1.04. The molecule has 2 saturated heterocycles. The number of benzene rings is 1. The van der Waals surface area contributed by atoms with E-state index >= 15 is 0 Å². The maximum Gasteiger partial charge on any atom is 0.289 e. The summed E-state index contributed by atoms with van der Waals surface area (Å²) in [5.41, 5.74) is 0.704. The van der Waals surface area contributed by atoms with E-state index in [-0.39, 0.29) is 18.3 Å². The Balaban J connectivity index is 0.00000169. The van der Waals surface area contributed by atoms with Crippen molar-refractivity contribution in [1.82, 2.24) is 15.1 Å². The lowest BCUT2D eigenvalue weighted by molar-refractivity contribution is 0.0744. The van der Waals surface area contributed by atoms with E-state index in [0.717, 1.165) is 51.1 Å². The van der Waals surface area contributed by atoms with E-state index in [0.29, 0.717) is 22.4 Å². The monoisotopic (exact) mass is 369 g/mol. The Labute approximate surface area is 152 Å². The number of rotatable bonds is 2. The highest BCUT2D eigenvalue weighted by Crippen LogP contribution is 2.25. The minimum absolute atomic E-state index is 0. The predicted molar refractivity (Wildman–Crippen MR) is 97.2 cm³/mol. The lowest BCUT2D eigenvalue weighted by Crippen LogP contribution is -2.49. The number of hydrogen-bond donors (Lipinski definition) is 1. The number of carbonyl (C=O) groups is 1. The third-order valence-corrected chi connectivity index (χ3v) is 5.04. The van der Waals surface area contributed by atoms with E-state index in [1.54, 1.807) is 12.1 Å². The van der Waals surface area contributed by atoms with Gasteiger partial charge in [-0.05, 0) is 30.7 Å². The summed E-state index contributed by atoms with van der Waals surface area (Å²) in [6, 6.07) is 7.67. The Bertz CT molecular complexity index is 728. The van der Waals surface area contributed by atoms with Gasteiger partial charge in [-0.15, -0.1) is 12.4 Å². The van der Waals surface area contributed by atoms with Gasteiger partial charge < -0.3 is 14.6 Å². The van der Waals surface area contributed by atoms with Gasteiger partial charge in [0, 0.05) is 55.7 Å². The van der Waals surface area contributed by atoms with E-state index in [1.807, 2.05) is 17.0 Å². The maximum absolute atomic E-state index is 12.7. The minimum atomic E-state index is -0.0186. The first kappa shape index (κ1) is 17.5. The van der Waals surface area contributed by atoms with Gasteiger partial charge in [-0.3, -0.25) is 9.69 Å². The summed E-state index contributed by atoms with van der Waals surface area (Å²) in [5, 5.41) is 4.89. The summed E-state index contributed by atoms with van der Waals surface area (Å²) in [6.45, 7) is 5.79. The maximum atomic E-state index is 12.7. The van der Waals surface area contributed by atoms with Gasteiger partial charge in [-0.2, -0.15) is 0 Å². The summed E-state index contributed by atoms with van der Waals surface area (Å²) in [4.78, 5) is 17.1. The SMILES string of the molecule is Cl.O=C(c1cc2cc(Cl)ccc2o1)N1CCC(N2CCNCC2)C1. The van der Waals surface area contributed by atoms with Crippen LogP contribution in [0.15, 0.2) is 28.7 Å². The molecule has 1 aromatic heterocycles. The number of amides is 1. The van der Waals surface area contributed by atoms with Crippen molar-refractivity contribution >= 4 is 40.9 Å². The van der Waals surface area contributed by atoms with Gasteiger partial charge in [0.25, 0.3) is 5.91 Å². The molecule has 130 valence electrons. The van der Waals surface area contributed by atoms with Crippen LogP contribution in [0.5, 0.6) is 0 Å². The second-order valence-electron chi connectivity index (χ2n) is 6.27. The van der Waals surface area contributed by atoms with Crippen molar-refractivity contribution in [3.63, 3.8) is 0 Å². The first-order valence-electron chi connectivity index (χ1n) is 8.14. The lowest BCUT2D eigenvalue weighted by Gasteiger charge is -2.32. The molecule has 3 heterocycles. The molecule has 0 spiro atoms. The predicted octanol–water partition coefficient (Wildman–Crippen LogP) is 2.63. The number of carbonyl (C=O) groups excluding carboxylic acids is 1. The average Bonchev–Trinajstić information content (AvgIpc) is 3.21. The molecule has 5 nitrogen and oxygen atoms in total. The number of likely N-dealkylation sites (tertiary alicyclic amines) is 1. The summed E-state index contributed by atoms with van der Waals surface area (Å²) >= 11 is 5.99. The average molecular weight is 370 g/mol. The largest absolute Gasteiger partial charge is 0.451 e. The molecule has 0 saturated carbocycles. The molecule has 0 aliphatic carbocycles. The fraction of sp³-hybridized carbons (Fsp3) is 0.471. The highest BCUT2D eigenvalue weighted by molar-refractivity contribution is 6.31. The molecule has 1 aromatic carbocycles. The van der Waals surface area contributed by atoms with Gasteiger partial charge in [-0.25, -0.2) is 0 Å². The highest BCUT2D eigenvalue weighted by atomic mass is 35.5. The third kappa shape index (κ3) is 3.40.